The van der Waals surface area contributed by atoms with Gasteiger partial charge in [-0.2, -0.15) is 5.10 Å². The molecule has 1 aromatic heterocycles. The highest BCUT2D eigenvalue weighted by Crippen LogP contribution is 2.26. The molecule has 1 heterocycles. The van der Waals surface area contributed by atoms with Gasteiger partial charge < -0.3 is 10.5 Å². The van der Waals surface area contributed by atoms with E-state index >= 15 is 0 Å². The quantitative estimate of drug-likeness (QED) is 0.919. The number of ether oxygens (including phenoxy) is 1. The fourth-order valence-corrected chi connectivity index (χ4v) is 1.74. The van der Waals surface area contributed by atoms with E-state index in [1.165, 1.54) is 12.1 Å². The van der Waals surface area contributed by atoms with Crippen molar-refractivity contribution in [3.05, 3.63) is 36.7 Å². The molecule has 0 aliphatic rings. The predicted octanol–water partition coefficient (Wildman–Crippen LogP) is 2.80. The first-order chi connectivity index (χ1) is 9.48. The Morgan fingerprint density at radius 3 is 2.45 bits per heavy atom. The van der Waals surface area contributed by atoms with Crippen molar-refractivity contribution in [1.82, 2.24) is 9.78 Å². The van der Waals surface area contributed by atoms with Gasteiger partial charge in [-0.25, -0.2) is 0 Å². The molecule has 0 spiro atoms. The maximum atomic E-state index is 12.0. The van der Waals surface area contributed by atoms with E-state index in [2.05, 4.69) is 9.84 Å². The summed E-state index contributed by atoms with van der Waals surface area (Å²) in [5, 5.41) is 4.16. The van der Waals surface area contributed by atoms with Gasteiger partial charge in [-0.05, 0) is 30.7 Å². The SMILES string of the molecule is NCCCn1cc(-c2ccc(OC(F)(F)F)cc2)cn1. The molecule has 0 saturated carbocycles. The zero-order valence-corrected chi connectivity index (χ0v) is 10.6. The highest BCUT2D eigenvalue weighted by Gasteiger charge is 2.30. The highest BCUT2D eigenvalue weighted by atomic mass is 19.4. The normalized spacial score (nSPS) is 11.6. The number of alkyl halides is 3. The fraction of sp³-hybridized carbons (Fsp3) is 0.308. The maximum absolute atomic E-state index is 12.0. The minimum atomic E-state index is -4.67. The minimum Gasteiger partial charge on any atom is -0.406 e. The zero-order chi connectivity index (χ0) is 14.6. The third kappa shape index (κ3) is 3.99. The first-order valence-electron chi connectivity index (χ1n) is 6.06. The molecule has 0 fully saturated rings. The van der Waals surface area contributed by atoms with E-state index in [0.717, 1.165) is 17.5 Å². The Morgan fingerprint density at radius 1 is 1.15 bits per heavy atom. The summed E-state index contributed by atoms with van der Waals surface area (Å²) in [5.74, 6) is -0.239. The number of hydrogen-bond acceptors (Lipinski definition) is 3. The molecule has 0 bridgehead atoms. The zero-order valence-electron chi connectivity index (χ0n) is 10.6. The molecule has 2 aromatic rings. The van der Waals surface area contributed by atoms with Crippen molar-refractivity contribution in [2.24, 2.45) is 5.73 Å². The number of benzene rings is 1. The van der Waals surface area contributed by atoms with Gasteiger partial charge in [0.1, 0.15) is 5.75 Å². The molecule has 2 N–H and O–H groups in total. The van der Waals surface area contributed by atoms with Crippen LogP contribution in [-0.4, -0.2) is 22.7 Å². The Kier molecular flexibility index (Phi) is 4.29. The lowest BCUT2D eigenvalue weighted by Crippen LogP contribution is -2.16. The van der Waals surface area contributed by atoms with E-state index in [1.807, 2.05) is 6.20 Å². The molecule has 0 atom stereocenters. The third-order valence-corrected chi connectivity index (χ3v) is 2.65. The molecule has 0 saturated heterocycles. The summed E-state index contributed by atoms with van der Waals surface area (Å²) >= 11 is 0. The number of hydrogen-bond donors (Lipinski definition) is 1. The lowest BCUT2D eigenvalue weighted by atomic mass is 10.1. The Labute approximate surface area is 114 Å². The van der Waals surface area contributed by atoms with Crippen LogP contribution in [0.25, 0.3) is 11.1 Å². The van der Waals surface area contributed by atoms with Crippen molar-refractivity contribution >= 4 is 0 Å². The summed E-state index contributed by atoms with van der Waals surface area (Å²) in [7, 11) is 0. The Balaban J connectivity index is 2.07. The number of halogens is 3. The number of aromatic nitrogens is 2. The summed E-state index contributed by atoms with van der Waals surface area (Å²) in [5.41, 5.74) is 7.02. The number of nitrogens with two attached hydrogens (primary N) is 1. The third-order valence-electron chi connectivity index (χ3n) is 2.65. The molecule has 1 aromatic carbocycles. The molecule has 20 heavy (non-hydrogen) atoms. The molecule has 108 valence electrons. The average Bonchev–Trinajstić information content (AvgIpc) is 2.84. The predicted molar refractivity (Wildman–Crippen MR) is 68.0 cm³/mol. The van der Waals surface area contributed by atoms with Crippen LogP contribution in [0.2, 0.25) is 0 Å². The van der Waals surface area contributed by atoms with Gasteiger partial charge in [0.2, 0.25) is 0 Å². The van der Waals surface area contributed by atoms with Gasteiger partial charge >= 0.3 is 6.36 Å². The summed E-state index contributed by atoms with van der Waals surface area (Å²) in [4.78, 5) is 0. The van der Waals surface area contributed by atoms with Gasteiger partial charge in [0.05, 0.1) is 6.20 Å². The van der Waals surface area contributed by atoms with E-state index < -0.39 is 6.36 Å². The van der Waals surface area contributed by atoms with Crippen molar-refractivity contribution in [1.29, 1.82) is 0 Å². The summed E-state index contributed by atoms with van der Waals surface area (Å²) < 4.78 is 41.7. The molecule has 0 aliphatic carbocycles. The van der Waals surface area contributed by atoms with Crippen molar-refractivity contribution in [2.75, 3.05) is 6.54 Å². The molecular formula is C13H14F3N3O. The Bertz CT molecular complexity index is 549. The second-order valence-electron chi connectivity index (χ2n) is 4.21. The van der Waals surface area contributed by atoms with E-state index in [1.54, 1.807) is 23.0 Å². The van der Waals surface area contributed by atoms with Crippen LogP contribution in [-0.2, 0) is 6.54 Å². The second kappa shape index (κ2) is 5.96. The van der Waals surface area contributed by atoms with Crippen LogP contribution in [0.5, 0.6) is 5.75 Å². The van der Waals surface area contributed by atoms with Gasteiger partial charge in [0.15, 0.2) is 0 Å². The number of aryl methyl sites for hydroxylation is 1. The molecule has 0 unspecified atom stereocenters. The number of rotatable bonds is 5. The van der Waals surface area contributed by atoms with Gasteiger partial charge in [0.25, 0.3) is 0 Å². The van der Waals surface area contributed by atoms with Crippen LogP contribution in [0.4, 0.5) is 13.2 Å². The fourth-order valence-electron chi connectivity index (χ4n) is 1.74. The van der Waals surface area contributed by atoms with Gasteiger partial charge in [-0.15, -0.1) is 13.2 Å². The second-order valence-corrected chi connectivity index (χ2v) is 4.21. The van der Waals surface area contributed by atoms with Crippen molar-refractivity contribution in [3.63, 3.8) is 0 Å². The largest absolute Gasteiger partial charge is 0.573 e. The Morgan fingerprint density at radius 2 is 1.85 bits per heavy atom. The lowest BCUT2D eigenvalue weighted by molar-refractivity contribution is -0.274. The number of nitrogens with zero attached hydrogens (tertiary/aromatic N) is 2. The van der Waals surface area contributed by atoms with E-state index in [-0.39, 0.29) is 5.75 Å². The molecule has 0 amide bonds. The lowest BCUT2D eigenvalue weighted by Gasteiger charge is -2.08. The minimum absolute atomic E-state index is 0.239. The van der Waals surface area contributed by atoms with Gasteiger partial charge in [0, 0.05) is 18.3 Å². The first kappa shape index (κ1) is 14.4. The standard InChI is InChI=1S/C13H14F3N3O/c14-13(15,16)20-12-4-2-10(3-5-12)11-8-18-19(9-11)7-1-6-17/h2-5,8-9H,1,6-7,17H2. The molecule has 0 aliphatic heterocycles. The van der Waals surface area contributed by atoms with E-state index in [4.69, 9.17) is 5.73 Å². The molecular weight excluding hydrogens is 271 g/mol. The Hall–Kier alpha value is -2.02. The molecule has 2 rings (SSSR count). The van der Waals surface area contributed by atoms with Crippen LogP contribution in [0.3, 0.4) is 0 Å². The average molecular weight is 285 g/mol. The van der Waals surface area contributed by atoms with Crippen LogP contribution < -0.4 is 10.5 Å². The van der Waals surface area contributed by atoms with Gasteiger partial charge in [-0.1, -0.05) is 12.1 Å². The summed E-state index contributed by atoms with van der Waals surface area (Å²) in [6.07, 6.45) is -0.362. The molecule has 0 radical (unpaired) electrons. The van der Waals surface area contributed by atoms with Crippen molar-refractivity contribution in [2.45, 2.75) is 19.3 Å². The van der Waals surface area contributed by atoms with Crippen LogP contribution in [0.15, 0.2) is 36.7 Å². The molecule has 4 nitrogen and oxygen atoms in total. The van der Waals surface area contributed by atoms with Crippen molar-refractivity contribution in [3.8, 4) is 16.9 Å². The van der Waals surface area contributed by atoms with E-state index in [9.17, 15) is 13.2 Å². The van der Waals surface area contributed by atoms with Crippen molar-refractivity contribution < 1.29 is 17.9 Å². The molecule has 7 heteroatoms. The summed E-state index contributed by atoms with van der Waals surface area (Å²) in [6.45, 7) is 1.30. The topological polar surface area (TPSA) is 53.1 Å². The summed E-state index contributed by atoms with van der Waals surface area (Å²) in [6, 6.07) is 5.68. The highest BCUT2D eigenvalue weighted by molar-refractivity contribution is 5.62. The smallest absolute Gasteiger partial charge is 0.406 e. The maximum Gasteiger partial charge on any atom is 0.573 e. The van der Waals surface area contributed by atoms with E-state index in [0.29, 0.717) is 13.1 Å². The first-order valence-corrected chi connectivity index (χ1v) is 6.06. The van der Waals surface area contributed by atoms with Crippen LogP contribution >= 0.6 is 0 Å². The van der Waals surface area contributed by atoms with Crippen LogP contribution in [0.1, 0.15) is 6.42 Å². The van der Waals surface area contributed by atoms with Crippen LogP contribution in [0, 0.1) is 0 Å². The monoisotopic (exact) mass is 285 g/mol. The van der Waals surface area contributed by atoms with Gasteiger partial charge in [-0.3, -0.25) is 4.68 Å².